The average Bonchev–Trinajstić information content (AvgIpc) is 3.14. The maximum Gasteiger partial charge on any atom is 0.357 e. The summed E-state index contributed by atoms with van der Waals surface area (Å²) < 4.78 is 10.6. The molecule has 3 heterocycles. The van der Waals surface area contributed by atoms with Crippen molar-refractivity contribution in [3.05, 3.63) is 47.2 Å². The Morgan fingerprint density at radius 2 is 2.17 bits per heavy atom. The molecule has 1 saturated heterocycles. The molecule has 2 aromatic rings. The molecule has 1 amide bonds. The van der Waals surface area contributed by atoms with Gasteiger partial charge in [0.2, 0.25) is 11.8 Å². The van der Waals surface area contributed by atoms with Crippen LogP contribution in [0.4, 0.5) is 0 Å². The van der Waals surface area contributed by atoms with E-state index in [0.29, 0.717) is 32.0 Å². The first-order chi connectivity index (χ1) is 11.6. The lowest BCUT2D eigenvalue weighted by molar-refractivity contribution is -0.135. The van der Waals surface area contributed by atoms with Gasteiger partial charge in [0.25, 0.3) is 0 Å². The molecule has 0 aliphatic carbocycles. The van der Waals surface area contributed by atoms with Crippen LogP contribution in [0.5, 0.6) is 5.75 Å². The van der Waals surface area contributed by atoms with E-state index in [4.69, 9.17) is 14.3 Å². The quantitative estimate of drug-likeness (QED) is 0.914. The highest BCUT2D eigenvalue weighted by atomic mass is 16.5. The normalized spacial score (nSPS) is 16.4. The van der Waals surface area contributed by atoms with Crippen molar-refractivity contribution in [2.45, 2.75) is 18.8 Å². The molecule has 7 heteroatoms. The van der Waals surface area contributed by atoms with E-state index in [0.717, 1.165) is 29.6 Å². The molecule has 4 rings (SSSR count). The maximum absolute atomic E-state index is 12.3. The van der Waals surface area contributed by atoms with Crippen molar-refractivity contribution in [1.29, 1.82) is 0 Å². The van der Waals surface area contributed by atoms with Gasteiger partial charge in [-0.25, -0.2) is 9.78 Å². The number of ether oxygens (including phenoxy) is 1. The second kappa shape index (κ2) is 5.67. The minimum atomic E-state index is -1.11. The van der Waals surface area contributed by atoms with E-state index in [9.17, 15) is 9.59 Å². The molecule has 7 nitrogen and oxygen atoms in total. The smallest absolute Gasteiger partial charge is 0.357 e. The monoisotopic (exact) mass is 328 g/mol. The summed E-state index contributed by atoms with van der Waals surface area (Å²) in [4.78, 5) is 28.8. The molecular weight excluding hydrogens is 312 g/mol. The van der Waals surface area contributed by atoms with Crippen LogP contribution in [0.3, 0.4) is 0 Å². The van der Waals surface area contributed by atoms with Gasteiger partial charge < -0.3 is 19.2 Å². The van der Waals surface area contributed by atoms with Gasteiger partial charge in [0.15, 0.2) is 5.69 Å². The van der Waals surface area contributed by atoms with Gasteiger partial charge in [0.1, 0.15) is 12.0 Å². The number of carboxylic acid groups (broad SMARTS) is 1. The van der Waals surface area contributed by atoms with Gasteiger partial charge in [-0.15, -0.1) is 0 Å². The topological polar surface area (TPSA) is 92.9 Å². The summed E-state index contributed by atoms with van der Waals surface area (Å²) in [6.07, 6.45) is 2.37. The summed E-state index contributed by atoms with van der Waals surface area (Å²) in [5, 5.41) is 8.85. The van der Waals surface area contributed by atoms with Gasteiger partial charge >= 0.3 is 5.97 Å². The molecule has 0 unspecified atom stereocenters. The SMILES string of the molecule is O=C(O)c1coc(C2CN(C(=O)Cc3ccc4c(c3)CCO4)C2)n1. The van der Waals surface area contributed by atoms with E-state index in [-0.39, 0.29) is 17.5 Å². The van der Waals surface area contributed by atoms with Gasteiger partial charge in [-0.1, -0.05) is 12.1 Å². The van der Waals surface area contributed by atoms with Crippen LogP contribution < -0.4 is 4.74 Å². The predicted molar refractivity (Wildman–Crippen MR) is 82.1 cm³/mol. The third kappa shape index (κ3) is 2.62. The number of fused-ring (bicyclic) bond motifs is 1. The summed E-state index contributed by atoms with van der Waals surface area (Å²) in [5.74, 6) is 0.197. The summed E-state index contributed by atoms with van der Waals surface area (Å²) in [5.41, 5.74) is 2.04. The minimum absolute atomic E-state index is 0.0320. The average molecular weight is 328 g/mol. The standard InChI is InChI=1S/C17H16N2O5/c20-15(6-10-1-2-14-11(5-10)3-4-23-14)19-7-12(8-19)16-18-13(9-24-16)17(21)22/h1-2,5,9,12H,3-4,6-8H2,(H,21,22). The third-order valence-electron chi connectivity index (χ3n) is 4.43. The molecule has 1 fully saturated rings. The molecule has 1 N–H and O–H groups in total. The highest BCUT2D eigenvalue weighted by Crippen LogP contribution is 2.29. The summed E-state index contributed by atoms with van der Waals surface area (Å²) >= 11 is 0. The van der Waals surface area contributed by atoms with E-state index in [1.807, 2.05) is 18.2 Å². The second-order valence-electron chi connectivity index (χ2n) is 6.09. The summed E-state index contributed by atoms with van der Waals surface area (Å²) in [6.45, 7) is 1.72. The van der Waals surface area contributed by atoms with Gasteiger partial charge in [-0.3, -0.25) is 4.79 Å². The lowest BCUT2D eigenvalue weighted by Crippen LogP contribution is -2.49. The molecule has 1 aromatic heterocycles. The first-order valence-electron chi connectivity index (χ1n) is 7.81. The molecule has 0 radical (unpaired) electrons. The minimum Gasteiger partial charge on any atom is -0.493 e. The van der Waals surface area contributed by atoms with Crippen molar-refractivity contribution in [2.75, 3.05) is 19.7 Å². The number of carboxylic acids is 1. The number of benzene rings is 1. The zero-order chi connectivity index (χ0) is 16.7. The van der Waals surface area contributed by atoms with Crippen molar-refractivity contribution >= 4 is 11.9 Å². The van der Waals surface area contributed by atoms with Gasteiger partial charge in [-0.2, -0.15) is 0 Å². The molecule has 1 aromatic carbocycles. The second-order valence-corrected chi connectivity index (χ2v) is 6.09. The Morgan fingerprint density at radius 1 is 1.33 bits per heavy atom. The molecule has 0 bridgehead atoms. The van der Waals surface area contributed by atoms with E-state index in [1.165, 1.54) is 0 Å². The van der Waals surface area contributed by atoms with Gasteiger partial charge in [0.05, 0.1) is 18.9 Å². The van der Waals surface area contributed by atoms with Crippen LogP contribution in [0.15, 0.2) is 28.9 Å². The van der Waals surface area contributed by atoms with Crippen molar-refractivity contribution < 1.29 is 23.8 Å². The van der Waals surface area contributed by atoms with E-state index in [1.54, 1.807) is 4.90 Å². The Morgan fingerprint density at radius 3 is 2.92 bits per heavy atom. The van der Waals surface area contributed by atoms with Crippen molar-refractivity contribution in [1.82, 2.24) is 9.88 Å². The van der Waals surface area contributed by atoms with Crippen LogP contribution in [-0.2, 0) is 17.6 Å². The number of nitrogens with zero attached hydrogens (tertiary/aromatic N) is 2. The zero-order valence-corrected chi connectivity index (χ0v) is 12.9. The number of oxazole rings is 1. The van der Waals surface area contributed by atoms with Crippen molar-refractivity contribution in [2.24, 2.45) is 0 Å². The number of carbonyl (C=O) groups excluding carboxylic acids is 1. The molecule has 2 aliphatic heterocycles. The van der Waals surface area contributed by atoms with Crippen LogP contribution >= 0.6 is 0 Å². The van der Waals surface area contributed by atoms with E-state index in [2.05, 4.69) is 4.98 Å². The Balaban J connectivity index is 1.34. The fourth-order valence-corrected chi connectivity index (χ4v) is 3.05. The highest BCUT2D eigenvalue weighted by molar-refractivity contribution is 5.84. The Labute approximate surface area is 137 Å². The van der Waals surface area contributed by atoms with Crippen LogP contribution in [0.2, 0.25) is 0 Å². The molecule has 0 atom stereocenters. The van der Waals surface area contributed by atoms with Crippen molar-refractivity contribution in [3.63, 3.8) is 0 Å². The molecule has 2 aliphatic rings. The summed E-state index contributed by atoms with van der Waals surface area (Å²) in [6, 6.07) is 5.88. The Bertz CT molecular complexity index is 807. The summed E-state index contributed by atoms with van der Waals surface area (Å²) in [7, 11) is 0. The zero-order valence-electron chi connectivity index (χ0n) is 12.9. The number of carbonyl (C=O) groups is 2. The van der Waals surface area contributed by atoms with Crippen LogP contribution in [0.1, 0.15) is 33.4 Å². The number of hydrogen-bond donors (Lipinski definition) is 1. The van der Waals surface area contributed by atoms with Crippen LogP contribution in [-0.4, -0.2) is 46.6 Å². The molecule has 0 saturated carbocycles. The number of aromatic nitrogens is 1. The predicted octanol–water partition coefficient (Wildman–Crippen LogP) is 1.48. The highest BCUT2D eigenvalue weighted by Gasteiger charge is 2.35. The first-order valence-corrected chi connectivity index (χ1v) is 7.81. The maximum atomic E-state index is 12.3. The molecule has 24 heavy (non-hydrogen) atoms. The largest absolute Gasteiger partial charge is 0.493 e. The fourth-order valence-electron chi connectivity index (χ4n) is 3.05. The number of rotatable bonds is 4. The molecule has 0 spiro atoms. The first kappa shape index (κ1) is 14.7. The van der Waals surface area contributed by atoms with E-state index < -0.39 is 5.97 Å². The van der Waals surface area contributed by atoms with E-state index >= 15 is 0 Å². The van der Waals surface area contributed by atoms with Crippen LogP contribution in [0, 0.1) is 0 Å². The van der Waals surface area contributed by atoms with Gasteiger partial charge in [-0.05, 0) is 17.2 Å². The molecular formula is C17H16N2O5. The number of likely N-dealkylation sites (tertiary alicyclic amines) is 1. The van der Waals surface area contributed by atoms with Crippen molar-refractivity contribution in [3.8, 4) is 5.75 Å². The molecule has 124 valence electrons. The Hall–Kier alpha value is -2.83. The lowest BCUT2D eigenvalue weighted by atomic mass is 9.98. The number of amides is 1. The lowest BCUT2D eigenvalue weighted by Gasteiger charge is -2.37. The number of hydrogen-bond acceptors (Lipinski definition) is 5. The number of aromatic carboxylic acids is 1. The van der Waals surface area contributed by atoms with Gasteiger partial charge in [0, 0.05) is 19.5 Å². The Kier molecular flexibility index (Phi) is 3.48. The third-order valence-corrected chi connectivity index (χ3v) is 4.43. The fraction of sp³-hybridized carbons (Fsp3) is 0.353. The van der Waals surface area contributed by atoms with Crippen LogP contribution in [0.25, 0.3) is 0 Å².